The molecule has 4 aromatic carbocycles. The summed E-state index contributed by atoms with van der Waals surface area (Å²) in [6.45, 7) is 18.9. The minimum absolute atomic E-state index is 0.0485. The second-order valence-corrected chi connectivity index (χ2v) is 19.6. The third-order valence-corrected chi connectivity index (χ3v) is 13.1. The molecule has 0 radical (unpaired) electrons. The average molecular weight is 868 g/mol. The van der Waals surface area contributed by atoms with Gasteiger partial charge in [-0.05, 0) is 86.7 Å². The average Bonchev–Trinajstić information content (AvgIpc) is 3.20. The van der Waals surface area contributed by atoms with E-state index in [0.29, 0.717) is 24.8 Å². The lowest BCUT2D eigenvalue weighted by atomic mass is 10.0. The second-order valence-electron chi connectivity index (χ2n) is 16.4. The number of aryl methyl sites for hydroxylation is 4. The summed E-state index contributed by atoms with van der Waals surface area (Å²) < 4.78 is 75.6. The Morgan fingerprint density at radius 2 is 1.39 bits per heavy atom. The third-order valence-electron chi connectivity index (χ3n) is 10.2. The van der Waals surface area contributed by atoms with E-state index in [-0.39, 0.29) is 30.9 Å². The highest BCUT2D eigenvalue weighted by Gasteiger charge is 2.40. The molecule has 2 heterocycles. The van der Waals surface area contributed by atoms with Gasteiger partial charge in [-0.25, -0.2) is 17.9 Å². The topological polar surface area (TPSA) is 135 Å². The molecule has 0 saturated heterocycles. The Kier molecular flexibility index (Phi) is 15.8. The lowest BCUT2D eigenvalue weighted by Gasteiger charge is -2.42. The second kappa shape index (κ2) is 20.6. The van der Waals surface area contributed by atoms with E-state index in [9.17, 15) is 21.4 Å². The summed E-state index contributed by atoms with van der Waals surface area (Å²) in [5, 5.41) is 0. The molecule has 61 heavy (non-hydrogen) atoms. The monoisotopic (exact) mass is 867 g/mol. The SMILES string of the molecule is Cc1ccc(N(CC(C)C)S(=O)(=O)c2ccc(OCc3ccncc3)cc2S(=O)(=O)O)c(C)c1.Cc1ccc([N+]2(CC(C)C)C=NC=CC2COCc2ccccc2)c(C)c1. The van der Waals surface area contributed by atoms with E-state index in [1.54, 1.807) is 43.6 Å². The van der Waals surface area contributed by atoms with Crippen LogP contribution in [0.1, 0.15) is 61.1 Å². The zero-order valence-corrected chi connectivity index (χ0v) is 38.0. The highest BCUT2D eigenvalue weighted by Crippen LogP contribution is 2.35. The van der Waals surface area contributed by atoms with E-state index in [1.165, 1.54) is 32.7 Å². The lowest BCUT2D eigenvalue weighted by molar-refractivity contribution is 0.0869. The fourth-order valence-corrected chi connectivity index (χ4v) is 10.5. The van der Waals surface area contributed by atoms with Crippen LogP contribution in [-0.2, 0) is 38.1 Å². The van der Waals surface area contributed by atoms with Crippen LogP contribution in [0, 0.1) is 39.5 Å². The molecule has 0 amide bonds. The molecule has 11 nitrogen and oxygen atoms in total. The van der Waals surface area contributed by atoms with E-state index in [1.807, 2.05) is 39.1 Å². The third kappa shape index (κ3) is 12.2. The van der Waals surface area contributed by atoms with Crippen LogP contribution in [0.5, 0.6) is 5.75 Å². The maximum absolute atomic E-state index is 13.8. The predicted octanol–water partition coefficient (Wildman–Crippen LogP) is 9.78. The molecule has 5 aromatic rings. The first-order valence-corrected chi connectivity index (χ1v) is 23.3. The minimum atomic E-state index is -4.88. The first-order valence-electron chi connectivity index (χ1n) is 20.4. The van der Waals surface area contributed by atoms with Gasteiger partial charge in [0.2, 0.25) is 0 Å². The van der Waals surface area contributed by atoms with Crippen LogP contribution < -0.4 is 13.5 Å². The summed E-state index contributed by atoms with van der Waals surface area (Å²) in [6.07, 6.45) is 9.40. The molecule has 0 spiro atoms. The molecule has 1 aromatic heterocycles. The van der Waals surface area contributed by atoms with Crippen LogP contribution in [0.15, 0.2) is 137 Å². The van der Waals surface area contributed by atoms with Crippen LogP contribution in [0.3, 0.4) is 0 Å². The van der Waals surface area contributed by atoms with Crippen molar-refractivity contribution in [2.45, 2.75) is 84.4 Å². The van der Waals surface area contributed by atoms with Gasteiger partial charge in [0, 0.05) is 48.8 Å². The molecule has 6 rings (SSSR count). The van der Waals surface area contributed by atoms with Gasteiger partial charge in [-0.2, -0.15) is 8.42 Å². The molecule has 2 atom stereocenters. The van der Waals surface area contributed by atoms with Crippen LogP contribution in [0.4, 0.5) is 11.4 Å². The lowest BCUT2D eigenvalue weighted by Crippen LogP contribution is -2.60. The first-order chi connectivity index (χ1) is 28.9. The Balaban J connectivity index is 0.000000237. The molecule has 1 aliphatic rings. The highest BCUT2D eigenvalue weighted by molar-refractivity contribution is 7.94. The van der Waals surface area contributed by atoms with Gasteiger partial charge in [0.1, 0.15) is 40.5 Å². The Hall–Kier alpha value is -5.18. The van der Waals surface area contributed by atoms with Crippen molar-refractivity contribution < 1.29 is 30.9 Å². The molecule has 0 aliphatic carbocycles. The number of quaternary nitrogens is 1. The number of anilines is 1. The number of sulfonamides is 1. The summed E-state index contributed by atoms with van der Waals surface area (Å²) in [7, 11) is -9.23. The summed E-state index contributed by atoms with van der Waals surface area (Å²) in [5.74, 6) is 0.596. The number of aliphatic imine (C=N–C) groups is 1. The Morgan fingerprint density at radius 3 is 2.02 bits per heavy atom. The van der Waals surface area contributed by atoms with Gasteiger partial charge in [0.25, 0.3) is 20.1 Å². The largest absolute Gasteiger partial charge is 0.489 e. The molecule has 2 unspecified atom stereocenters. The number of hydrogen-bond acceptors (Lipinski definition) is 8. The van der Waals surface area contributed by atoms with Gasteiger partial charge < -0.3 is 9.47 Å². The van der Waals surface area contributed by atoms with E-state index in [0.717, 1.165) is 39.9 Å². The summed E-state index contributed by atoms with van der Waals surface area (Å²) in [4.78, 5) is 7.21. The van der Waals surface area contributed by atoms with Gasteiger partial charge in [-0.15, -0.1) is 0 Å². The van der Waals surface area contributed by atoms with E-state index in [2.05, 4.69) is 92.6 Å². The number of rotatable bonds is 16. The number of ether oxygens (including phenoxy) is 2. The van der Waals surface area contributed by atoms with Crippen LogP contribution in [-0.4, -0.2) is 58.4 Å². The quantitative estimate of drug-likeness (QED) is 0.0765. The number of hydrogen-bond donors (Lipinski definition) is 1. The Labute approximate surface area is 362 Å². The van der Waals surface area contributed by atoms with Crippen molar-refractivity contribution in [1.82, 2.24) is 9.47 Å². The molecule has 0 fully saturated rings. The van der Waals surface area contributed by atoms with Gasteiger partial charge in [-0.3, -0.25) is 13.8 Å². The highest BCUT2D eigenvalue weighted by atomic mass is 32.2. The maximum atomic E-state index is 13.8. The fourth-order valence-electron chi connectivity index (χ4n) is 7.50. The molecule has 0 bridgehead atoms. The van der Waals surface area contributed by atoms with Crippen molar-refractivity contribution in [3.05, 3.63) is 155 Å². The zero-order chi connectivity index (χ0) is 44.4. The molecule has 324 valence electrons. The van der Waals surface area contributed by atoms with Crippen molar-refractivity contribution in [3.8, 4) is 5.75 Å². The number of benzene rings is 4. The van der Waals surface area contributed by atoms with Gasteiger partial charge >= 0.3 is 0 Å². The van der Waals surface area contributed by atoms with Crippen molar-refractivity contribution in [3.63, 3.8) is 0 Å². The number of pyridine rings is 1. The van der Waals surface area contributed by atoms with Crippen LogP contribution in [0.25, 0.3) is 0 Å². The first kappa shape index (κ1) is 46.9. The maximum Gasteiger partial charge on any atom is 0.296 e. The van der Waals surface area contributed by atoms with Crippen molar-refractivity contribution in [2.75, 3.05) is 24.0 Å². The minimum Gasteiger partial charge on any atom is -0.489 e. The van der Waals surface area contributed by atoms with E-state index < -0.39 is 29.9 Å². The normalized spacial score (nSPS) is 16.3. The van der Waals surface area contributed by atoms with Gasteiger partial charge in [0.15, 0.2) is 6.34 Å². The Morgan fingerprint density at radius 1 is 0.738 bits per heavy atom. The fraction of sp³-hybridized carbons (Fsp3) is 0.333. The van der Waals surface area contributed by atoms with E-state index in [4.69, 9.17) is 9.47 Å². The van der Waals surface area contributed by atoms with Crippen LogP contribution in [0.2, 0.25) is 0 Å². The van der Waals surface area contributed by atoms with Gasteiger partial charge in [0.05, 0.1) is 18.8 Å². The van der Waals surface area contributed by atoms with Crippen molar-refractivity contribution in [2.24, 2.45) is 16.8 Å². The smallest absolute Gasteiger partial charge is 0.296 e. The summed E-state index contributed by atoms with van der Waals surface area (Å²) >= 11 is 0. The molecule has 0 saturated carbocycles. The number of aromatic nitrogens is 1. The molecular weight excluding hydrogens is 809 g/mol. The molecule has 1 aliphatic heterocycles. The predicted molar refractivity (Wildman–Crippen MR) is 245 cm³/mol. The van der Waals surface area contributed by atoms with Crippen molar-refractivity contribution >= 4 is 37.9 Å². The molecule has 1 N–H and O–H groups in total. The van der Waals surface area contributed by atoms with Crippen LogP contribution >= 0.6 is 0 Å². The molecule has 13 heteroatoms. The van der Waals surface area contributed by atoms with E-state index >= 15 is 0 Å². The Bertz CT molecular complexity index is 2530. The summed E-state index contributed by atoms with van der Waals surface area (Å²) in [5.41, 5.74) is 8.06. The summed E-state index contributed by atoms with van der Waals surface area (Å²) in [6, 6.07) is 29.7. The molecular formula is C48H59N4O7S2+. The standard InChI is InChI=1S/C24H28N2O6S2.C24H31N2O/c1-17(2)15-26(22-7-5-18(3)13-19(22)4)33(27,28)23-8-6-21(14-24(23)34(29,30)31)32-16-20-9-11-25-12-10-20;1-19(2)15-26(24-11-10-20(3)14-21(24)4)18-25-13-12-23(26)17-27-16-22-8-6-5-7-9-22/h5-14,17H,15-16H2,1-4H3,(H,29,30,31);5-14,18-19,23H,15-17H2,1-4H3/q;+1. The van der Waals surface area contributed by atoms with Gasteiger partial charge in [-0.1, -0.05) is 93.4 Å². The van der Waals surface area contributed by atoms with Crippen molar-refractivity contribution in [1.29, 1.82) is 0 Å². The number of nitrogens with zero attached hydrogens (tertiary/aromatic N) is 4. The zero-order valence-electron chi connectivity index (χ0n) is 36.4.